The Morgan fingerprint density at radius 3 is 2.62 bits per heavy atom. The SMILES string of the molecule is COc1ccc(COc2cccc(N(C)C)c2)cc1C#N. The number of nitrogens with zero attached hydrogens (tertiary/aromatic N) is 2. The van der Waals surface area contributed by atoms with Crippen molar-refractivity contribution in [2.24, 2.45) is 0 Å². The molecular weight excluding hydrogens is 264 g/mol. The molecule has 21 heavy (non-hydrogen) atoms. The van der Waals surface area contributed by atoms with Crippen molar-refractivity contribution in [3.8, 4) is 17.6 Å². The summed E-state index contributed by atoms with van der Waals surface area (Å²) in [5.41, 5.74) is 2.53. The van der Waals surface area contributed by atoms with Crippen molar-refractivity contribution in [2.75, 3.05) is 26.1 Å². The Balaban J connectivity index is 2.10. The van der Waals surface area contributed by atoms with Crippen LogP contribution in [0.2, 0.25) is 0 Å². The molecule has 2 aromatic carbocycles. The lowest BCUT2D eigenvalue weighted by Crippen LogP contribution is -2.08. The van der Waals surface area contributed by atoms with Gasteiger partial charge in [-0.25, -0.2) is 0 Å². The maximum absolute atomic E-state index is 9.08. The summed E-state index contributed by atoms with van der Waals surface area (Å²) in [6.07, 6.45) is 0. The molecule has 0 bridgehead atoms. The van der Waals surface area contributed by atoms with Crippen molar-refractivity contribution in [1.29, 1.82) is 5.26 Å². The van der Waals surface area contributed by atoms with Crippen LogP contribution in [0.5, 0.6) is 11.5 Å². The molecule has 0 heterocycles. The molecular formula is C17H18N2O2. The highest BCUT2D eigenvalue weighted by molar-refractivity contribution is 5.49. The van der Waals surface area contributed by atoms with Crippen molar-refractivity contribution >= 4 is 5.69 Å². The number of rotatable bonds is 5. The highest BCUT2D eigenvalue weighted by Crippen LogP contribution is 2.22. The molecule has 108 valence electrons. The van der Waals surface area contributed by atoms with Gasteiger partial charge in [-0.2, -0.15) is 5.26 Å². The van der Waals surface area contributed by atoms with Gasteiger partial charge < -0.3 is 14.4 Å². The first-order valence-electron chi connectivity index (χ1n) is 6.61. The van der Waals surface area contributed by atoms with Crippen LogP contribution >= 0.6 is 0 Å². The topological polar surface area (TPSA) is 45.5 Å². The van der Waals surface area contributed by atoms with E-state index in [1.807, 2.05) is 49.3 Å². The van der Waals surface area contributed by atoms with Gasteiger partial charge in [-0.1, -0.05) is 12.1 Å². The van der Waals surface area contributed by atoms with Crippen LogP contribution in [0.15, 0.2) is 42.5 Å². The summed E-state index contributed by atoms with van der Waals surface area (Å²) >= 11 is 0. The Hall–Kier alpha value is -2.67. The number of hydrogen-bond donors (Lipinski definition) is 0. The van der Waals surface area contributed by atoms with Crippen LogP contribution in [0.3, 0.4) is 0 Å². The van der Waals surface area contributed by atoms with Gasteiger partial charge >= 0.3 is 0 Å². The van der Waals surface area contributed by atoms with E-state index in [2.05, 4.69) is 6.07 Å². The minimum Gasteiger partial charge on any atom is -0.495 e. The van der Waals surface area contributed by atoms with Gasteiger partial charge in [0.25, 0.3) is 0 Å². The van der Waals surface area contributed by atoms with E-state index in [0.29, 0.717) is 17.9 Å². The third-order valence-corrected chi connectivity index (χ3v) is 3.12. The number of anilines is 1. The van der Waals surface area contributed by atoms with E-state index in [4.69, 9.17) is 14.7 Å². The molecule has 4 heteroatoms. The molecule has 0 spiro atoms. The van der Waals surface area contributed by atoms with E-state index < -0.39 is 0 Å². The standard InChI is InChI=1S/C17H18N2O2/c1-19(2)15-5-4-6-16(10-15)21-12-13-7-8-17(20-3)14(9-13)11-18/h4-10H,12H2,1-3H3. The number of methoxy groups -OCH3 is 1. The molecule has 0 aromatic heterocycles. The predicted molar refractivity (Wildman–Crippen MR) is 82.8 cm³/mol. The third kappa shape index (κ3) is 3.67. The third-order valence-electron chi connectivity index (χ3n) is 3.12. The summed E-state index contributed by atoms with van der Waals surface area (Å²) in [6.45, 7) is 0.412. The zero-order valence-electron chi connectivity index (χ0n) is 12.5. The Morgan fingerprint density at radius 2 is 1.95 bits per heavy atom. The van der Waals surface area contributed by atoms with Crippen LogP contribution in [0.4, 0.5) is 5.69 Å². The largest absolute Gasteiger partial charge is 0.495 e. The summed E-state index contributed by atoms with van der Waals surface area (Å²) in [7, 11) is 5.53. The maximum Gasteiger partial charge on any atom is 0.136 e. The van der Waals surface area contributed by atoms with Crippen molar-refractivity contribution in [3.05, 3.63) is 53.6 Å². The maximum atomic E-state index is 9.08. The number of ether oxygens (including phenoxy) is 2. The van der Waals surface area contributed by atoms with Gasteiger partial charge in [0.15, 0.2) is 0 Å². The molecule has 0 aliphatic heterocycles. The Morgan fingerprint density at radius 1 is 1.14 bits per heavy atom. The van der Waals surface area contributed by atoms with E-state index in [1.54, 1.807) is 19.2 Å². The molecule has 0 atom stereocenters. The van der Waals surface area contributed by atoms with Gasteiger partial charge in [0.2, 0.25) is 0 Å². The van der Waals surface area contributed by atoms with Crippen LogP contribution in [0, 0.1) is 11.3 Å². The monoisotopic (exact) mass is 282 g/mol. The van der Waals surface area contributed by atoms with Gasteiger partial charge in [0, 0.05) is 25.8 Å². The molecule has 2 aromatic rings. The molecule has 0 N–H and O–H groups in total. The van der Waals surface area contributed by atoms with Gasteiger partial charge in [0.1, 0.15) is 24.2 Å². The lowest BCUT2D eigenvalue weighted by Gasteiger charge is -2.14. The second-order valence-corrected chi connectivity index (χ2v) is 4.83. The van der Waals surface area contributed by atoms with E-state index >= 15 is 0 Å². The summed E-state index contributed by atoms with van der Waals surface area (Å²) < 4.78 is 10.9. The number of hydrogen-bond acceptors (Lipinski definition) is 4. The van der Waals surface area contributed by atoms with Crippen molar-refractivity contribution in [1.82, 2.24) is 0 Å². The minimum atomic E-state index is 0.412. The second-order valence-electron chi connectivity index (χ2n) is 4.83. The first kappa shape index (κ1) is 14.7. The summed E-state index contributed by atoms with van der Waals surface area (Å²) in [5, 5.41) is 9.08. The predicted octanol–water partition coefficient (Wildman–Crippen LogP) is 3.21. The molecule has 4 nitrogen and oxygen atoms in total. The van der Waals surface area contributed by atoms with Crippen LogP contribution < -0.4 is 14.4 Å². The molecule has 0 aliphatic rings. The Kier molecular flexibility index (Phi) is 4.68. The van der Waals surface area contributed by atoms with E-state index in [9.17, 15) is 0 Å². The van der Waals surface area contributed by atoms with Crippen molar-refractivity contribution < 1.29 is 9.47 Å². The van der Waals surface area contributed by atoms with Gasteiger partial charge in [-0.3, -0.25) is 0 Å². The zero-order valence-corrected chi connectivity index (χ0v) is 12.5. The summed E-state index contributed by atoms with van der Waals surface area (Å²) in [5.74, 6) is 1.38. The van der Waals surface area contributed by atoms with Crippen LogP contribution in [-0.4, -0.2) is 21.2 Å². The summed E-state index contributed by atoms with van der Waals surface area (Å²) in [4.78, 5) is 2.02. The molecule has 0 unspecified atom stereocenters. The molecule has 2 rings (SSSR count). The zero-order chi connectivity index (χ0) is 15.2. The molecule has 0 amide bonds. The lowest BCUT2D eigenvalue weighted by molar-refractivity contribution is 0.306. The minimum absolute atomic E-state index is 0.412. The quantitative estimate of drug-likeness (QED) is 0.844. The van der Waals surface area contributed by atoms with Gasteiger partial charge in [-0.05, 0) is 29.8 Å². The Bertz CT molecular complexity index is 660. The van der Waals surface area contributed by atoms with Crippen LogP contribution in [0.25, 0.3) is 0 Å². The highest BCUT2D eigenvalue weighted by atomic mass is 16.5. The normalized spacial score (nSPS) is 9.81. The number of benzene rings is 2. The van der Waals surface area contributed by atoms with Crippen LogP contribution in [0.1, 0.15) is 11.1 Å². The Labute approximate surface area is 125 Å². The molecule has 0 saturated carbocycles. The average molecular weight is 282 g/mol. The van der Waals surface area contributed by atoms with Crippen molar-refractivity contribution in [2.45, 2.75) is 6.61 Å². The van der Waals surface area contributed by atoms with Gasteiger partial charge in [0.05, 0.1) is 12.7 Å². The first-order valence-corrected chi connectivity index (χ1v) is 6.61. The summed E-state index contributed by atoms with van der Waals surface area (Å²) in [6, 6.07) is 15.5. The van der Waals surface area contributed by atoms with E-state index in [0.717, 1.165) is 17.0 Å². The highest BCUT2D eigenvalue weighted by Gasteiger charge is 2.05. The molecule has 0 aliphatic carbocycles. The lowest BCUT2D eigenvalue weighted by atomic mass is 10.1. The fraction of sp³-hybridized carbons (Fsp3) is 0.235. The molecule has 0 radical (unpaired) electrons. The fourth-order valence-electron chi connectivity index (χ4n) is 1.95. The average Bonchev–Trinajstić information content (AvgIpc) is 2.52. The van der Waals surface area contributed by atoms with E-state index in [-0.39, 0.29) is 0 Å². The van der Waals surface area contributed by atoms with Gasteiger partial charge in [-0.15, -0.1) is 0 Å². The van der Waals surface area contributed by atoms with Crippen molar-refractivity contribution in [3.63, 3.8) is 0 Å². The first-order chi connectivity index (χ1) is 10.1. The molecule has 0 saturated heterocycles. The van der Waals surface area contributed by atoms with E-state index in [1.165, 1.54) is 0 Å². The van der Waals surface area contributed by atoms with Crippen LogP contribution in [-0.2, 0) is 6.61 Å². The number of nitriles is 1. The molecule has 0 fully saturated rings. The smallest absolute Gasteiger partial charge is 0.136 e. The fourth-order valence-corrected chi connectivity index (χ4v) is 1.95. The second kappa shape index (κ2) is 6.67.